The average molecular weight is 356 g/mol. The van der Waals surface area contributed by atoms with Crippen molar-refractivity contribution >= 4 is 0 Å². The molecule has 3 aromatic heterocycles. The quantitative estimate of drug-likeness (QED) is 0.545. The van der Waals surface area contributed by atoms with Gasteiger partial charge in [-0.3, -0.25) is 0 Å². The summed E-state index contributed by atoms with van der Waals surface area (Å²) < 4.78 is 13.1. The van der Waals surface area contributed by atoms with Crippen LogP contribution in [0.1, 0.15) is 46.3 Å². The molecule has 0 saturated carbocycles. The van der Waals surface area contributed by atoms with E-state index in [4.69, 9.17) is 8.83 Å². The number of aromatic hydroxyl groups is 1. The third-order valence-electron chi connectivity index (χ3n) is 6.39. The smallest absolute Gasteiger partial charge is 0.366 e. The monoisotopic (exact) mass is 356 g/mol. The molecule has 2 unspecified atom stereocenters. The number of furan rings is 2. The minimum Gasteiger partial charge on any atom is -0.472 e. The highest BCUT2D eigenvalue weighted by Crippen LogP contribution is 2.59. The Bertz CT molecular complexity index is 1090. The Balaban J connectivity index is 1.74. The summed E-state index contributed by atoms with van der Waals surface area (Å²) in [7, 11) is 0. The number of rotatable bonds is 2. The summed E-state index contributed by atoms with van der Waals surface area (Å²) in [5.74, 6) is 0.367. The van der Waals surface area contributed by atoms with Gasteiger partial charge in [-0.1, -0.05) is 24.3 Å². The lowest BCUT2D eigenvalue weighted by molar-refractivity contribution is -0.737. The molecule has 2 aliphatic heterocycles. The molecule has 1 aliphatic carbocycles. The van der Waals surface area contributed by atoms with Crippen LogP contribution < -0.4 is 4.57 Å². The average Bonchev–Trinajstić information content (AvgIpc) is 3.42. The van der Waals surface area contributed by atoms with Crippen LogP contribution in [0.2, 0.25) is 0 Å². The van der Waals surface area contributed by atoms with Crippen molar-refractivity contribution < 1.29 is 18.5 Å². The van der Waals surface area contributed by atoms with Gasteiger partial charge >= 0.3 is 5.88 Å². The van der Waals surface area contributed by atoms with Crippen LogP contribution in [-0.2, 0) is 5.41 Å². The molecule has 2 atom stereocenters. The standard InChI is InChI=1S/C23H17NO3/c25-21-7-3-6-19-22-18-5-2-1-4-17(18)20(24(19)21)12-23(22,15-8-10-26-13-15)16-9-11-27-14-16/h1-11,13-14,20,22H,12H2/p+1. The molecule has 4 aromatic rings. The Kier molecular flexibility index (Phi) is 2.82. The van der Waals surface area contributed by atoms with Crippen molar-refractivity contribution in [2.45, 2.75) is 23.8 Å². The lowest BCUT2D eigenvalue weighted by Gasteiger charge is -2.48. The van der Waals surface area contributed by atoms with Gasteiger partial charge in [-0.25, -0.2) is 0 Å². The molecule has 132 valence electrons. The van der Waals surface area contributed by atoms with Gasteiger partial charge in [-0.15, -0.1) is 0 Å². The van der Waals surface area contributed by atoms with E-state index in [1.807, 2.05) is 18.6 Å². The maximum atomic E-state index is 10.7. The van der Waals surface area contributed by atoms with Gasteiger partial charge in [0.15, 0.2) is 11.7 Å². The fraction of sp³-hybridized carbons (Fsp3) is 0.174. The Morgan fingerprint density at radius 3 is 2.22 bits per heavy atom. The Morgan fingerprint density at radius 2 is 1.56 bits per heavy atom. The van der Waals surface area contributed by atoms with Crippen LogP contribution in [0.25, 0.3) is 0 Å². The number of nitrogens with zero attached hydrogens (tertiary/aromatic N) is 1. The summed E-state index contributed by atoms with van der Waals surface area (Å²) >= 11 is 0. The summed E-state index contributed by atoms with van der Waals surface area (Å²) in [5, 5.41) is 10.7. The van der Waals surface area contributed by atoms with E-state index < -0.39 is 0 Å². The maximum absolute atomic E-state index is 10.7. The molecule has 0 saturated heterocycles. The van der Waals surface area contributed by atoms with E-state index in [0.717, 1.165) is 23.2 Å². The number of benzene rings is 1. The summed E-state index contributed by atoms with van der Waals surface area (Å²) in [4.78, 5) is 0. The number of aromatic nitrogens is 1. The number of hydrogen-bond donors (Lipinski definition) is 1. The molecule has 0 spiro atoms. The number of pyridine rings is 1. The first-order chi connectivity index (χ1) is 13.3. The van der Waals surface area contributed by atoms with Gasteiger partial charge in [0, 0.05) is 29.2 Å². The molecule has 27 heavy (non-hydrogen) atoms. The van der Waals surface area contributed by atoms with E-state index in [2.05, 4.69) is 47.0 Å². The fourth-order valence-electron chi connectivity index (χ4n) is 5.39. The van der Waals surface area contributed by atoms with Gasteiger partial charge in [-0.05, 0) is 23.8 Å². The van der Waals surface area contributed by atoms with Crippen LogP contribution in [0.4, 0.5) is 0 Å². The third-order valence-corrected chi connectivity index (χ3v) is 6.39. The van der Waals surface area contributed by atoms with Gasteiger partial charge < -0.3 is 13.9 Å². The normalized spacial score (nSPS) is 21.6. The van der Waals surface area contributed by atoms with Crippen LogP contribution in [0.15, 0.2) is 88.5 Å². The predicted molar refractivity (Wildman–Crippen MR) is 97.5 cm³/mol. The molecule has 7 rings (SSSR count). The molecule has 0 amide bonds. The highest BCUT2D eigenvalue weighted by atomic mass is 16.3. The van der Waals surface area contributed by atoms with E-state index in [1.165, 1.54) is 11.1 Å². The number of hydrogen-bond acceptors (Lipinski definition) is 3. The van der Waals surface area contributed by atoms with E-state index in [9.17, 15) is 5.11 Å². The second-order valence-electron chi connectivity index (χ2n) is 7.46. The molecule has 5 heterocycles. The van der Waals surface area contributed by atoms with Crippen molar-refractivity contribution in [3.05, 3.63) is 108 Å². The molecular formula is C23H18NO3+. The topological polar surface area (TPSA) is 50.4 Å². The van der Waals surface area contributed by atoms with Gasteiger partial charge in [0.1, 0.15) is 0 Å². The summed E-state index contributed by atoms with van der Waals surface area (Å²) in [6.45, 7) is 0. The molecule has 3 aliphatic rings. The molecule has 1 aromatic carbocycles. The zero-order valence-electron chi connectivity index (χ0n) is 14.6. The van der Waals surface area contributed by atoms with E-state index in [1.54, 1.807) is 18.6 Å². The third kappa shape index (κ3) is 1.75. The zero-order valence-corrected chi connectivity index (χ0v) is 14.6. The van der Waals surface area contributed by atoms with Crippen molar-refractivity contribution in [1.82, 2.24) is 0 Å². The lowest BCUT2D eigenvalue weighted by atomic mass is 9.54. The second kappa shape index (κ2) is 5.13. The molecule has 4 nitrogen and oxygen atoms in total. The SMILES string of the molecule is Oc1cccc2[n+]1C1CC(c3ccoc3)(c3ccoc3)C2c2ccccc21. The minimum atomic E-state index is -0.299. The van der Waals surface area contributed by atoms with Gasteiger partial charge in [0.25, 0.3) is 0 Å². The van der Waals surface area contributed by atoms with Crippen molar-refractivity contribution in [2.24, 2.45) is 0 Å². The fourth-order valence-corrected chi connectivity index (χ4v) is 5.39. The first-order valence-electron chi connectivity index (χ1n) is 9.18. The molecule has 2 bridgehead atoms. The van der Waals surface area contributed by atoms with Crippen molar-refractivity contribution in [2.75, 3.05) is 0 Å². The van der Waals surface area contributed by atoms with E-state index in [-0.39, 0.29) is 17.4 Å². The van der Waals surface area contributed by atoms with E-state index in [0.29, 0.717) is 5.88 Å². The van der Waals surface area contributed by atoms with Crippen LogP contribution >= 0.6 is 0 Å². The van der Waals surface area contributed by atoms with Crippen LogP contribution in [0, 0.1) is 0 Å². The molecule has 1 N–H and O–H groups in total. The van der Waals surface area contributed by atoms with Crippen LogP contribution in [-0.4, -0.2) is 5.11 Å². The molecule has 0 fully saturated rings. The minimum absolute atomic E-state index is 0.0483. The lowest BCUT2D eigenvalue weighted by Crippen LogP contribution is -2.60. The van der Waals surface area contributed by atoms with E-state index >= 15 is 0 Å². The van der Waals surface area contributed by atoms with Gasteiger partial charge in [0.2, 0.25) is 0 Å². The Morgan fingerprint density at radius 1 is 0.852 bits per heavy atom. The summed E-state index contributed by atoms with van der Waals surface area (Å²) in [6.07, 6.45) is 8.01. The molecule has 4 heteroatoms. The molecule has 0 radical (unpaired) electrons. The summed E-state index contributed by atoms with van der Waals surface area (Å²) in [6, 6.07) is 18.6. The maximum Gasteiger partial charge on any atom is 0.366 e. The van der Waals surface area contributed by atoms with Crippen LogP contribution in [0.3, 0.4) is 0 Å². The highest BCUT2D eigenvalue weighted by Gasteiger charge is 2.60. The zero-order chi connectivity index (χ0) is 18.0. The Labute approximate surface area is 156 Å². The highest BCUT2D eigenvalue weighted by molar-refractivity contribution is 5.54. The van der Waals surface area contributed by atoms with Crippen molar-refractivity contribution in [3.8, 4) is 5.88 Å². The van der Waals surface area contributed by atoms with Gasteiger partial charge in [0.05, 0.1) is 42.5 Å². The van der Waals surface area contributed by atoms with Crippen LogP contribution in [0.5, 0.6) is 5.88 Å². The van der Waals surface area contributed by atoms with Gasteiger partial charge in [-0.2, -0.15) is 4.57 Å². The summed E-state index contributed by atoms with van der Waals surface area (Å²) in [5.41, 5.74) is 5.69. The predicted octanol–water partition coefficient (Wildman–Crippen LogP) is 4.29. The first kappa shape index (κ1) is 14.9. The second-order valence-corrected chi connectivity index (χ2v) is 7.46. The first-order valence-corrected chi connectivity index (χ1v) is 9.18. The van der Waals surface area contributed by atoms with Crippen molar-refractivity contribution in [3.63, 3.8) is 0 Å². The number of fused-ring (bicyclic) bond motifs is 1. The van der Waals surface area contributed by atoms with Crippen molar-refractivity contribution in [1.29, 1.82) is 0 Å². The Hall–Kier alpha value is -3.27. The largest absolute Gasteiger partial charge is 0.472 e. The molecular weight excluding hydrogens is 338 g/mol.